The summed E-state index contributed by atoms with van der Waals surface area (Å²) in [4.78, 5) is 0. The Morgan fingerprint density at radius 1 is 1.62 bits per heavy atom. The Bertz CT molecular complexity index is 440. The molecule has 0 aliphatic heterocycles. The molecule has 0 aliphatic rings. The fourth-order valence-electron chi connectivity index (χ4n) is 1.08. The molecule has 1 heterocycles. The highest BCUT2D eigenvalue weighted by molar-refractivity contribution is 7.89. The number of nitrogens with two attached hydrogens (primary N) is 1. The number of aromatic nitrogens is 2. The van der Waals surface area contributed by atoms with Gasteiger partial charge in [-0.3, -0.25) is 4.68 Å². The van der Waals surface area contributed by atoms with Crippen LogP contribution < -0.4 is 10.5 Å². The monoisotopic (exact) mass is 248 g/mol. The number of methoxy groups -OCH3 is 1. The highest BCUT2D eigenvalue weighted by Crippen LogP contribution is 2.08. The van der Waals surface area contributed by atoms with Gasteiger partial charge in [-0.15, -0.1) is 0 Å². The van der Waals surface area contributed by atoms with Crippen molar-refractivity contribution in [2.75, 3.05) is 25.2 Å². The molecule has 1 aromatic rings. The molecule has 92 valence electrons. The molecule has 1 aromatic heterocycles. The number of nitrogens with one attached hydrogen (secondary N) is 1. The van der Waals surface area contributed by atoms with Crippen LogP contribution >= 0.6 is 0 Å². The number of hydrogen-bond acceptors (Lipinski definition) is 5. The van der Waals surface area contributed by atoms with Crippen LogP contribution in [0.2, 0.25) is 0 Å². The van der Waals surface area contributed by atoms with Crippen molar-refractivity contribution < 1.29 is 13.2 Å². The first kappa shape index (κ1) is 12.9. The number of aryl methyl sites for hydroxylation is 1. The van der Waals surface area contributed by atoms with E-state index in [0.717, 1.165) is 0 Å². The van der Waals surface area contributed by atoms with E-state index in [4.69, 9.17) is 10.5 Å². The number of ether oxygens (including phenoxy) is 1. The van der Waals surface area contributed by atoms with Crippen molar-refractivity contribution in [2.24, 2.45) is 7.05 Å². The minimum absolute atomic E-state index is 0.0658. The Hall–Kier alpha value is -1.12. The molecule has 0 aliphatic carbocycles. The number of hydrogen-bond donors (Lipinski definition) is 2. The lowest BCUT2D eigenvalue weighted by atomic mass is 10.3. The quantitative estimate of drug-likeness (QED) is 0.677. The van der Waals surface area contributed by atoms with E-state index in [-0.39, 0.29) is 18.9 Å². The molecule has 8 heteroatoms. The second kappa shape index (κ2) is 5.28. The first-order valence-electron chi connectivity index (χ1n) is 4.69. The van der Waals surface area contributed by atoms with Crippen LogP contribution in [0.1, 0.15) is 5.56 Å². The molecular formula is C8H16N4O3S. The highest BCUT2D eigenvalue weighted by Gasteiger charge is 2.11. The number of nitrogen functional groups attached to an aromatic ring is 1. The summed E-state index contributed by atoms with van der Waals surface area (Å²) < 4.78 is 31.4. The van der Waals surface area contributed by atoms with Crippen molar-refractivity contribution in [1.82, 2.24) is 14.5 Å². The second-order valence-electron chi connectivity index (χ2n) is 3.31. The van der Waals surface area contributed by atoms with Crippen LogP contribution in [-0.2, 0) is 28.4 Å². The Morgan fingerprint density at radius 3 is 2.81 bits per heavy atom. The van der Waals surface area contributed by atoms with E-state index in [0.29, 0.717) is 11.4 Å². The number of anilines is 1. The largest absolute Gasteiger partial charge is 0.384 e. The molecule has 0 saturated heterocycles. The van der Waals surface area contributed by atoms with Crippen LogP contribution in [0.5, 0.6) is 0 Å². The van der Waals surface area contributed by atoms with Gasteiger partial charge in [0.1, 0.15) is 5.82 Å². The summed E-state index contributed by atoms with van der Waals surface area (Å²) in [5, 5.41) is 3.91. The second-order valence-corrected chi connectivity index (χ2v) is 5.24. The van der Waals surface area contributed by atoms with Gasteiger partial charge in [-0.05, 0) is 0 Å². The van der Waals surface area contributed by atoms with E-state index in [2.05, 4.69) is 9.82 Å². The van der Waals surface area contributed by atoms with Gasteiger partial charge in [0, 0.05) is 26.3 Å². The van der Waals surface area contributed by atoms with Crippen LogP contribution in [0.3, 0.4) is 0 Å². The van der Waals surface area contributed by atoms with E-state index < -0.39 is 10.0 Å². The zero-order chi connectivity index (χ0) is 12.2. The van der Waals surface area contributed by atoms with Crippen molar-refractivity contribution >= 4 is 15.8 Å². The maximum Gasteiger partial charge on any atom is 0.214 e. The van der Waals surface area contributed by atoms with Gasteiger partial charge in [-0.1, -0.05) is 0 Å². The minimum Gasteiger partial charge on any atom is -0.384 e. The maximum atomic E-state index is 11.4. The number of nitrogens with zero attached hydrogens (tertiary/aromatic N) is 2. The van der Waals surface area contributed by atoms with Crippen molar-refractivity contribution in [3.8, 4) is 0 Å². The van der Waals surface area contributed by atoms with Crippen molar-refractivity contribution in [3.05, 3.63) is 11.8 Å². The SMILES string of the molecule is COCCS(=O)(=O)NCc1cnn(C)c1N. The van der Waals surface area contributed by atoms with E-state index in [1.54, 1.807) is 7.05 Å². The lowest BCUT2D eigenvalue weighted by Gasteiger charge is -2.05. The van der Waals surface area contributed by atoms with Crippen molar-refractivity contribution in [3.63, 3.8) is 0 Å². The first-order chi connectivity index (χ1) is 7.46. The normalized spacial score (nSPS) is 11.9. The minimum atomic E-state index is -3.32. The Balaban J connectivity index is 2.54. The summed E-state index contributed by atoms with van der Waals surface area (Å²) in [7, 11) is -0.171. The third kappa shape index (κ3) is 3.47. The van der Waals surface area contributed by atoms with Crippen LogP contribution in [0.4, 0.5) is 5.82 Å². The third-order valence-electron chi connectivity index (χ3n) is 2.10. The van der Waals surface area contributed by atoms with Gasteiger partial charge in [-0.2, -0.15) is 5.10 Å². The summed E-state index contributed by atoms with van der Waals surface area (Å²) >= 11 is 0. The Kier molecular flexibility index (Phi) is 4.27. The standard InChI is InChI=1S/C8H16N4O3S/c1-12-8(9)7(5-10-12)6-11-16(13,14)4-3-15-2/h5,11H,3-4,6,9H2,1-2H3. The van der Waals surface area contributed by atoms with Crippen molar-refractivity contribution in [2.45, 2.75) is 6.54 Å². The molecule has 3 N–H and O–H groups in total. The molecule has 0 saturated carbocycles. The van der Waals surface area contributed by atoms with Gasteiger partial charge in [0.25, 0.3) is 0 Å². The van der Waals surface area contributed by atoms with Crippen molar-refractivity contribution in [1.29, 1.82) is 0 Å². The van der Waals surface area contributed by atoms with Crippen LogP contribution in [0.25, 0.3) is 0 Å². The van der Waals surface area contributed by atoms with Crippen LogP contribution in [0.15, 0.2) is 6.20 Å². The fraction of sp³-hybridized carbons (Fsp3) is 0.625. The van der Waals surface area contributed by atoms with E-state index >= 15 is 0 Å². The van der Waals surface area contributed by atoms with Gasteiger partial charge < -0.3 is 10.5 Å². The average Bonchev–Trinajstić information content (AvgIpc) is 2.55. The van der Waals surface area contributed by atoms with E-state index in [1.807, 2.05) is 0 Å². The number of sulfonamides is 1. The fourth-order valence-corrected chi connectivity index (χ4v) is 1.99. The predicted octanol–water partition coefficient (Wildman–Crippen LogP) is -0.932. The molecule has 0 fully saturated rings. The molecule has 0 spiro atoms. The maximum absolute atomic E-state index is 11.4. The van der Waals surface area contributed by atoms with Crippen LogP contribution in [-0.4, -0.2) is 37.7 Å². The molecule has 0 atom stereocenters. The summed E-state index contributed by atoms with van der Waals surface area (Å²) in [5.41, 5.74) is 6.33. The summed E-state index contributed by atoms with van der Waals surface area (Å²) in [5.74, 6) is 0.387. The molecular weight excluding hydrogens is 232 g/mol. The molecule has 16 heavy (non-hydrogen) atoms. The van der Waals surface area contributed by atoms with Crippen LogP contribution in [0, 0.1) is 0 Å². The topological polar surface area (TPSA) is 99.2 Å². The molecule has 0 radical (unpaired) electrons. The molecule has 0 bridgehead atoms. The van der Waals surface area contributed by atoms with Gasteiger partial charge >= 0.3 is 0 Å². The summed E-state index contributed by atoms with van der Waals surface area (Å²) in [6.45, 7) is 0.309. The van der Waals surface area contributed by atoms with Gasteiger partial charge in [0.05, 0.1) is 18.6 Å². The van der Waals surface area contributed by atoms with E-state index in [9.17, 15) is 8.42 Å². The predicted molar refractivity (Wildman–Crippen MR) is 60.1 cm³/mol. The first-order valence-corrected chi connectivity index (χ1v) is 6.34. The summed E-state index contributed by atoms with van der Waals surface area (Å²) in [6, 6.07) is 0. The lowest BCUT2D eigenvalue weighted by molar-refractivity contribution is 0.217. The zero-order valence-electron chi connectivity index (χ0n) is 9.30. The lowest BCUT2D eigenvalue weighted by Crippen LogP contribution is -2.28. The highest BCUT2D eigenvalue weighted by atomic mass is 32.2. The molecule has 0 unspecified atom stereocenters. The summed E-state index contributed by atoms with van der Waals surface area (Å²) in [6.07, 6.45) is 1.54. The molecule has 7 nitrogen and oxygen atoms in total. The Labute approximate surface area is 94.6 Å². The molecule has 0 amide bonds. The van der Waals surface area contributed by atoms with E-state index in [1.165, 1.54) is 18.0 Å². The third-order valence-corrected chi connectivity index (χ3v) is 3.39. The number of rotatable bonds is 6. The Morgan fingerprint density at radius 2 is 2.31 bits per heavy atom. The molecule has 0 aromatic carbocycles. The molecule has 1 rings (SSSR count). The smallest absolute Gasteiger partial charge is 0.214 e. The van der Waals surface area contributed by atoms with Gasteiger partial charge in [0.15, 0.2) is 0 Å². The zero-order valence-corrected chi connectivity index (χ0v) is 10.1. The average molecular weight is 248 g/mol. The van der Waals surface area contributed by atoms with Gasteiger partial charge in [-0.25, -0.2) is 13.1 Å². The van der Waals surface area contributed by atoms with Gasteiger partial charge in [0.2, 0.25) is 10.0 Å².